The van der Waals surface area contributed by atoms with E-state index in [9.17, 15) is 19.5 Å². The smallest absolute Gasteiger partial charge is 0.319 e. The number of hydrogen-bond donors (Lipinski definition) is 3. The third-order valence-electron chi connectivity index (χ3n) is 8.51. The Morgan fingerprint density at radius 2 is 1.77 bits per heavy atom. The molecule has 0 aromatic heterocycles. The van der Waals surface area contributed by atoms with E-state index >= 15 is 0 Å². The number of rotatable bonds is 7. The average molecular weight is 603 g/mol. The van der Waals surface area contributed by atoms with Gasteiger partial charge in [0.1, 0.15) is 5.75 Å². The van der Waals surface area contributed by atoms with Crippen LogP contribution in [-0.4, -0.2) is 90.4 Å². The summed E-state index contributed by atoms with van der Waals surface area (Å²) in [5.74, 6) is 0.268. The molecule has 2 aliphatic rings. The second kappa shape index (κ2) is 16.9. The average Bonchev–Trinajstić information content (AvgIpc) is 2.98. The molecule has 1 aromatic carbocycles. The maximum Gasteiger partial charge on any atom is 0.319 e. The van der Waals surface area contributed by atoms with Crippen LogP contribution in [0.5, 0.6) is 5.75 Å². The standard InChI is InChI=1S/C33H54N4O6/c1-22(2)34-33(41)35-27-15-16-29-28(18-27)32(40)37(24(4)21-38)19-23(3)30(42-17-11-10-12-25(5)43-29)20-36(6)31(39)26-13-8-7-9-14-26/h15-16,18,22-26,30,38H,7-14,17,19-21H2,1-6H3,(H2,34,35,41)/t23-,24-,25+,30+/m1/s1. The van der Waals surface area contributed by atoms with Crippen molar-refractivity contribution in [3.8, 4) is 5.75 Å². The number of urea groups is 1. The minimum absolute atomic E-state index is 0.0438. The number of likely N-dealkylation sites (N-methyl/N-ethyl adjacent to an activating group) is 1. The maximum atomic E-state index is 14.2. The fourth-order valence-corrected chi connectivity index (χ4v) is 5.91. The number of fused-ring (bicyclic) bond motifs is 1. The lowest BCUT2D eigenvalue weighted by Crippen LogP contribution is -2.48. The molecule has 0 bridgehead atoms. The summed E-state index contributed by atoms with van der Waals surface area (Å²) in [6.45, 7) is 10.7. The number of nitrogens with zero attached hydrogens (tertiary/aromatic N) is 2. The quantitative estimate of drug-likeness (QED) is 0.402. The van der Waals surface area contributed by atoms with Crippen molar-refractivity contribution in [2.24, 2.45) is 11.8 Å². The molecule has 4 atom stereocenters. The largest absolute Gasteiger partial charge is 0.490 e. The molecule has 3 rings (SSSR count). The van der Waals surface area contributed by atoms with Crippen molar-refractivity contribution >= 4 is 23.5 Å². The van der Waals surface area contributed by atoms with Crippen LogP contribution < -0.4 is 15.4 Å². The summed E-state index contributed by atoms with van der Waals surface area (Å²) in [6, 6.07) is 4.21. The number of benzene rings is 1. The molecule has 1 heterocycles. The zero-order chi connectivity index (χ0) is 31.5. The van der Waals surface area contributed by atoms with E-state index in [0.29, 0.717) is 36.7 Å². The minimum atomic E-state index is -0.476. The molecule has 4 amide bonds. The van der Waals surface area contributed by atoms with Crippen LogP contribution >= 0.6 is 0 Å². The summed E-state index contributed by atoms with van der Waals surface area (Å²) < 4.78 is 12.7. The number of aliphatic hydroxyl groups is 1. The molecule has 0 radical (unpaired) electrons. The Hall–Kier alpha value is -2.85. The van der Waals surface area contributed by atoms with Gasteiger partial charge in [0.25, 0.3) is 5.91 Å². The number of carbonyl (C=O) groups is 3. The van der Waals surface area contributed by atoms with Crippen molar-refractivity contribution in [1.29, 1.82) is 0 Å². The number of anilines is 1. The van der Waals surface area contributed by atoms with Crippen LogP contribution in [0.4, 0.5) is 10.5 Å². The van der Waals surface area contributed by atoms with Gasteiger partial charge in [0.15, 0.2) is 0 Å². The monoisotopic (exact) mass is 602 g/mol. The van der Waals surface area contributed by atoms with Crippen LogP contribution in [0.15, 0.2) is 18.2 Å². The summed E-state index contributed by atoms with van der Waals surface area (Å²) in [5, 5.41) is 15.8. The zero-order valence-electron chi connectivity index (χ0n) is 27.1. The molecule has 242 valence electrons. The van der Waals surface area contributed by atoms with Gasteiger partial charge in [0, 0.05) is 50.3 Å². The number of aliphatic hydroxyl groups excluding tert-OH is 1. The van der Waals surface area contributed by atoms with Gasteiger partial charge in [0.05, 0.1) is 30.4 Å². The molecular formula is C33H54N4O6. The molecule has 0 saturated heterocycles. The van der Waals surface area contributed by atoms with Crippen LogP contribution in [-0.2, 0) is 9.53 Å². The van der Waals surface area contributed by atoms with Crippen molar-refractivity contribution in [3.05, 3.63) is 23.8 Å². The van der Waals surface area contributed by atoms with Crippen molar-refractivity contribution in [1.82, 2.24) is 15.1 Å². The summed E-state index contributed by atoms with van der Waals surface area (Å²) >= 11 is 0. The summed E-state index contributed by atoms with van der Waals surface area (Å²) in [7, 11) is 1.86. The Kier molecular flexibility index (Phi) is 13.6. The predicted octanol–water partition coefficient (Wildman–Crippen LogP) is 5.05. The highest BCUT2D eigenvalue weighted by molar-refractivity contribution is 5.99. The Balaban J connectivity index is 1.90. The van der Waals surface area contributed by atoms with E-state index < -0.39 is 6.04 Å². The SMILES string of the molecule is CC(C)NC(=O)Nc1ccc2c(c1)C(=O)N([C@H](C)CO)C[C@@H](C)[C@H](CN(C)C(=O)C1CCCCC1)OCCCC[C@H](C)O2. The molecule has 1 fully saturated rings. The van der Waals surface area contributed by atoms with Gasteiger partial charge in [-0.2, -0.15) is 0 Å². The van der Waals surface area contributed by atoms with Gasteiger partial charge < -0.3 is 35.0 Å². The lowest BCUT2D eigenvalue weighted by molar-refractivity contribution is -0.137. The first-order valence-electron chi connectivity index (χ1n) is 16.2. The van der Waals surface area contributed by atoms with Gasteiger partial charge in [0.2, 0.25) is 5.91 Å². The molecule has 10 heteroatoms. The van der Waals surface area contributed by atoms with Gasteiger partial charge in [-0.05, 0) is 78.0 Å². The molecule has 1 aliphatic heterocycles. The second-order valence-electron chi connectivity index (χ2n) is 12.8. The predicted molar refractivity (Wildman–Crippen MR) is 168 cm³/mol. The second-order valence-corrected chi connectivity index (χ2v) is 12.8. The van der Waals surface area contributed by atoms with Crippen LogP contribution in [0, 0.1) is 11.8 Å². The fraction of sp³-hybridized carbons (Fsp3) is 0.727. The lowest BCUT2D eigenvalue weighted by atomic mass is 9.88. The van der Waals surface area contributed by atoms with Crippen LogP contribution in [0.2, 0.25) is 0 Å². The van der Waals surface area contributed by atoms with E-state index in [1.165, 1.54) is 6.42 Å². The molecule has 1 aromatic rings. The number of carbonyl (C=O) groups excluding carboxylic acids is 3. The topological polar surface area (TPSA) is 120 Å². The van der Waals surface area contributed by atoms with E-state index in [-0.39, 0.29) is 54.5 Å². The first-order valence-corrected chi connectivity index (χ1v) is 16.2. The van der Waals surface area contributed by atoms with Crippen LogP contribution in [0.25, 0.3) is 0 Å². The third-order valence-corrected chi connectivity index (χ3v) is 8.51. The van der Waals surface area contributed by atoms with Gasteiger partial charge in [-0.1, -0.05) is 26.2 Å². The lowest BCUT2D eigenvalue weighted by Gasteiger charge is -2.36. The number of ether oxygens (including phenoxy) is 2. The first kappa shape index (κ1) is 34.6. The van der Waals surface area contributed by atoms with Crippen LogP contribution in [0.1, 0.15) is 96.3 Å². The summed E-state index contributed by atoms with van der Waals surface area (Å²) in [6.07, 6.45) is 7.38. The first-order chi connectivity index (χ1) is 20.5. The molecule has 0 spiro atoms. The van der Waals surface area contributed by atoms with Crippen molar-refractivity contribution in [2.45, 2.75) is 110 Å². The van der Waals surface area contributed by atoms with E-state index in [0.717, 1.165) is 44.9 Å². The Labute approximate surface area is 257 Å². The molecule has 43 heavy (non-hydrogen) atoms. The summed E-state index contributed by atoms with van der Waals surface area (Å²) in [5.41, 5.74) is 0.789. The maximum absolute atomic E-state index is 14.2. The third kappa shape index (κ3) is 10.4. The Morgan fingerprint density at radius 1 is 1.07 bits per heavy atom. The number of amides is 4. The Bertz CT molecular complexity index is 1060. The van der Waals surface area contributed by atoms with E-state index in [1.807, 2.05) is 46.6 Å². The van der Waals surface area contributed by atoms with Gasteiger partial charge in [-0.25, -0.2) is 4.79 Å². The fourth-order valence-electron chi connectivity index (χ4n) is 5.91. The molecular weight excluding hydrogens is 548 g/mol. The number of nitrogens with one attached hydrogen (secondary N) is 2. The minimum Gasteiger partial charge on any atom is -0.490 e. The molecule has 0 unspecified atom stereocenters. The van der Waals surface area contributed by atoms with Gasteiger partial charge in [-0.3, -0.25) is 9.59 Å². The Morgan fingerprint density at radius 3 is 2.44 bits per heavy atom. The van der Waals surface area contributed by atoms with Crippen molar-refractivity contribution < 1.29 is 29.0 Å². The zero-order valence-corrected chi connectivity index (χ0v) is 27.1. The highest BCUT2D eigenvalue weighted by Gasteiger charge is 2.32. The van der Waals surface area contributed by atoms with Gasteiger partial charge in [-0.15, -0.1) is 0 Å². The van der Waals surface area contributed by atoms with Crippen molar-refractivity contribution in [3.63, 3.8) is 0 Å². The molecule has 1 saturated carbocycles. The molecule has 1 aliphatic carbocycles. The van der Waals surface area contributed by atoms with E-state index in [1.54, 1.807) is 23.1 Å². The molecule has 3 N–H and O–H groups in total. The summed E-state index contributed by atoms with van der Waals surface area (Å²) in [4.78, 5) is 43.4. The van der Waals surface area contributed by atoms with Crippen LogP contribution in [0.3, 0.4) is 0 Å². The highest BCUT2D eigenvalue weighted by atomic mass is 16.5. The normalized spacial score (nSPS) is 23.5. The van der Waals surface area contributed by atoms with Crippen molar-refractivity contribution in [2.75, 3.05) is 38.7 Å². The highest BCUT2D eigenvalue weighted by Crippen LogP contribution is 2.29. The molecule has 10 nitrogen and oxygen atoms in total. The number of hydrogen-bond acceptors (Lipinski definition) is 6. The van der Waals surface area contributed by atoms with E-state index in [2.05, 4.69) is 10.6 Å². The van der Waals surface area contributed by atoms with E-state index in [4.69, 9.17) is 9.47 Å². The van der Waals surface area contributed by atoms with Gasteiger partial charge >= 0.3 is 6.03 Å².